The average Bonchev–Trinajstić information content (AvgIpc) is 2.76. The molecule has 0 aromatic heterocycles. The van der Waals surface area contributed by atoms with Crippen LogP contribution < -0.4 is 5.32 Å². The summed E-state index contributed by atoms with van der Waals surface area (Å²) in [6.07, 6.45) is 5.42. The van der Waals surface area contributed by atoms with Crippen LogP contribution in [0.3, 0.4) is 0 Å². The van der Waals surface area contributed by atoms with Crippen molar-refractivity contribution in [2.45, 2.75) is 57.9 Å². The number of carboxylic acid groups (broad SMARTS) is 1. The van der Waals surface area contributed by atoms with Gasteiger partial charge in [0.25, 0.3) is 0 Å². The number of carbonyl (C=O) groups excluding carboxylic acids is 1. The van der Waals surface area contributed by atoms with Gasteiger partial charge in [0, 0.05) is 18.6 Å². The largest absolute Gasteiger partial charge is 0.481 e. The van der Waals surface area contributed by atoms with Crippen LogP contribution in [0.5, 0.6) is 0 Å². The maximum Gasteiger partial charge on any atom is 0.317 e. The normalized spacial score (nSPS) is 29.2. The number of carboxylic acids is 1. The van der Waals surface area contributed by atoms with Crippen LogP contribution in [0.4, 0.5) is 4.79 Å². The Kier molecular flexibility index (Phi) is 4.55. The van der Waals surface area contributed by atoms with Gasteiger partial charge in [-0.2, -0.15) is 0 Å². The van der Waals surface area contributed by atoms with Crippen molar-refractivity contribution in [2.75, 3.05) is 13.1 Å². The van der Waals surface area contributed by atoms with Crippen LogP contribution >= 0.6 is 0 Å². The van der Waals surface area contributed by atoms with E-state index < -0.39 is 5.97 Å². The van der Waals surface area contributed by atoms with E-state index in [2.05, 4.69) is 19.2 Å². The molecule has 2 fully saturated rings. The molecular formula is C15H26N2O3. The molecule has 5 nitrogen and oxygen atoms in total. The van der Waals surface area contributed by atoms with Crippen molar-refractivity contribution < 1.29 is 14.7 Å². The van der Waals surface area contributed by atoms with Crippen LogP contribution in [0.25, 0.3) is 0 Å². The van der Waals surface area contributed by atoms with Gasteiger partial charge < -0.3 is 15.3 Å². The number of carbonyl (C=O) groups is 2. The number of likely N-dealkylation sites (tertiary alicyclic amines) is 1. The molecule has 20 heavy (non-hydrogen) atoms. The van der Waals surface area contributed by atoms with Gasteiger partial charge in [0.2, 0.25) is 0 Å². The van der Waals surface area contributed by atoms with Gasteiger partial charge in [-0.3, -0.25) is 4.79 Å². The predicted molar refractivity (Wildman–Crippen MR) is 76.5 cm³/mol. The summed E-state index contributed by atoms with van der Waals surface area (Å²) in [5.74, 6) is -0.425. The molecule has 1 aliphatic carbocycles. The molecule has 0 unspecified atom stereocenters. The molecule has 2 rings (SSSR count). The Balaban J connectivity index is 1.73. The Morgan fingerprint density at radius 1 is 1.25 bits per heavy atom. The molecule has 1 saturated heterocycles. The molecule has 0 aromatic carbocycles. The lowest BCUT2D eigenvalue weighted by Gasteiger charge is -2.33. The lowest BCUT2D eigenvalue weighted by molar-refractivity contribution is -0.143. The topological polar surface area (TPSA) is 69.6 Å². The number of hydrogen-bond donors (Lipinski definition) is 2. The summed E-state index contributed by atoms with van der Waals surface area (Å²) in [6.45, 7) is 5.73. The fourth-order valence-electron chi connectivity index (χ4n) is 3.42. The molecule has 5 heteroatoms. The van der Waals surface area contributed by atoms with Crippen molar-refractivity contribution in [3.05, 3.63) is 0 Å². The van der Waals surface area contributed by atoms with E-state index in [0.717, 1.165) is 45.1 Å². The van der Waals surface area contributed by atoms with Crippen LogP contribution in [0.1, 0.15) is 52.4 Å². The minimum absolute atomic E-state index is 0.0351. The molecule has 1 heterocycles. The number of nitrogens with one attached hydrogen (secondary N) is 1. The van der Waals surface area contributed by atoms with Gasteiger partial charge in [0.15, 0.2) is 0 Å². The van der Waals surface area contributed by atoms with Gasteiger partial charge in [-0.25, -0.2) is 4.79 Å². The van der Waals surface area contributed by atoms with Crippen molar-refractivity contribution in [1.29, 1.82) is 0 Å². The first-order valence-corrected chi connectivity index (χ1v) is 7.68. The summed E-state index contributed by atoms with van der Waals surface area (Å²) in [4.78, 5) is 25.0. The smallest absolute Gasteiger partial charge is 0.317 e. The number of nitrogens with zero attached hydrogens (tertiary/aromatic N) is 1. The molecule has 2 aliphatic rings. The van der Waals surface area contributed by atoms with Crippen LogP contribution in [0.15, 0.2) is 0 Å². The van der Waals surface area contributed by atoms with Gasteiger partial charge in [-0.15, -0.1) is 0 Å². The minimum Gasteiger partial charge on any atom is -0.481 e. The van der Waals surface area contributed by atoms with Crippen LogP contribution in [-0.2, 0) is 4.79 Å². The molecule has 2 N–H and O–H groups in total. The number of hydrogen-bond acceptors (Lipinski definition) is 2. The lowest BCUT2D eigenvalue weighted by atomic mass is 9.82. The van der Waals surface area contributed by atoms with E-state index in [1.807, 2.05) is 4.90 Å². The van der Waals surface area contributed by atoms with Crippen molar-refractivity contribution in [3.63, 3.8) is 0 Å². The maximum absolute atomic E-state index is 12.2. The zero-order valence-corrected chi connectivity index (χ0v) is 12.5. The van der Waals surface area contributed by atoms with E-state index in [0.29, 0.717) is 12.5 Å². The number of urea groups is 1. The quantitative estimate of drug-likeness (QED) is 0.835. The van der Waals surface area contributed by atoms with E-state index in [1.165, 1.54) is 0 Å². The number of rotatable bonds is 3. The van der Waals surface area contributed by atoms with Crippen molar-refractivity contribution in [1.82, 2.24) is 10.2 Å². The fraction of sp³-hybridized carbons (Fsp3) is 0.867. The molecule has 0 atom stereocenters. The van der Waals surface area contributed by atoms with E-state index in [4.69, 9.17) is 5.11 Å². The Labute approximate surface area is 120 Å². The second-order valence-electron chi connectivity index (χ2n) is 6.81. The highest BCUT2D eigenvalue weighted by Gasteiger charge is 2.35. The average molecular weight is 282 g/mol. The molecule has 1 aliphatic heterocycles. The van der Waals surface area contributed by atoms with Crippen molar-refractivity contribution in [3.8, 4) is 0 Å². The summed E-state index contributed by atoms with van der Waals surface area (Å²) < 4.78 is 0. The standard InChI is InChI=1S/C15H26N2O3/c1-15(2)8-3-9-17(15)14(20)16-10-11-4-6-12(7-5-11)13(18)19/h11-12H,3-10H2,1-2H3,(H,16,20)(H,18,19). The van der Waals surface area contributed by atoms with E-state index >= 15 is 0 Å². The van der Waals surface area contributed by atoms with Gasteiger partial charge >= 0.3 is 12.0 Å². The summed E-state index contributed by atoms with van der Waals surface area (Å²) in [5, 5.41) is 12.0. The van der Waals surface area contributed by atoms with E-state index in [1.54, 1.807) is 0 Å². The molecule has 0 aromatic rings. The molecule has 1 saturated carbocycles. The van der Waals surface area contributed by atoms with Crippen molar-refractivity contribution in [2.24, 2.45) is 11.8 Å². The first kappa shape index (κ1) is 15.1. The van der Waals surface area contributed by atoms with E-state index in [-0.39, 0.29) is 17.5 Å². The summed E-state index contributed by atoms with van der Waals surface area (Å²) in [6, 6.07) is 0.0351. The van der Waals surface area contributed by atoms with Crippen molar-refractivity contribution >= 4 is 12.0 Å². The molecular weight excluding hydrogens is 256 g/mol. The summed E-state index contributed by atoms with van der Waals surface area (Å²) in [5.41, 5.74) is -0.0367. The maximum atomic E-state index is 12.2. The Morgan fingerprint density at radius 2 is 1.90 bits per heavy atom. The SMILES string of the molecule is CC1(C)CCCN1C(=O)NCC1CCC(C(=O)O)CC1. The Hall–Kier alpha value is -1.26. The Bertz CT molecular complexity index is 373. The van der Waals surface area contributed by atoms with Crippen LogP contribution in [-0.4, -0.2) is 40.6 Å². The Morgan fingerprint density at radius 3 is 2.40 bits per heavy atom. The van der Waals surface area contributed by atoms with Crippen LogP contribution in [0, 0.1) is 11.8 Å². The second kappa shape index (κ2) is 6.02. The molecule has 0 spiro atoms. The predicted octanol–water partition coefficient (Wildman–Crippen LogP) is 2.46. The zero-order valence-electron chi connectivity index (χ0n) is 12.5. The third-order valence-corrected chi connectivity index (χ3v) is 4.88. The van der Waals surface area contributed by atoms with Gasteiger partial charge in [0.1, 0.15) is 0 Å². The number of amides is 2. The fourth-order valence-corrected chi connectivity index (χ4v) is 3.42. The van der Waals surface area contributed by atoms with Gasteiger partial charge in [0.05, 0.1) is 5.92 Å². The third kappa shape index (κ3) is 3.44. The molecule has 0 radical (unpaired) electrons. The highest BCUT2D eigenvalue weighted by molar-refractivity contribution is 5.75. The van der Waals surface area contributed by atoms with Gasteiger partial charge in [-0.1, -0.05) is 0 Å². The first-order chi connectivity index (χ1) is 9.40. The second-order valence-corrected chi connectivity index (χ2v) is 6.81. The monoisotopic (exact) mass is 282 g/mol. The summed E-state index contributed by atoms with van der Waals surface area (Å²) in [7, 11) is 0. The molecule has 0 bridgehead atoms. The first-order valence-electron chi connectivity index (χ1n) is 7.68. The van der Waals surface area contributed by atoms with Gasteiger partial charge in [-0.05, 0) is 58.3 Å². The third-order valence-electron chi connectivity index (χ3n) is 4.88. The van der Waals surface area contributed by atoms with E-state index in [9.17, 15) is 9.59 Å². The zero-order chi connectivity index (χ0) is 14.8. The highest BCUT2D eigenvalue weighted by Crippen LogP contribution is 2.30. The molecule has 2 amide bonds. The number of aliphatic carboxylic acids is 1. The lowest BCUT2D eigenvalue weighted by Crippen LogP contribution is -2.49. The highest BCUT2D eigenvalue weighted by atomic mass is 16.4. The minimum atomic E-state index is -0.675. The summed E-state index contributed by atoms with van der Waals surface area (Å²) >= 11 is 0. The van der Waals surface area contributed by atoms with Crippen LogP contribution in [0.2, 0.25) is 0 Å². The molecule has 114 valence electrons.